The van der Waals surface area contributed by atoms with Gasteiger partial charge in [-0.15, -0.1) is 0 Å². The van der Waals surface area contributed by atoms with Crippen molar-refractivity contribution in [1.82, 2.24) is 9.13 Å². The lowest BCUT2D eigenvalue weighted by Gasteiger charge is -2.45. The number of ether oxygens (including phenoxy) is 1. The quantitative estimate of drug-likeness (QED) is 0.173. The van der Waals surface area contributed by atoms with Crippen LogP contribution in [-0.4, -0.2) is 9.13 Å². The minimum atomic E-state index is -0.628. The summed E-state index contributed by atoms with van der Waals surface area (Å²) in [6, 6.07) is 61.6. The molecule has 1 atom stereocenters. The number of rotatable bonds is 1. The zero-order chi connectivity index (χ0) is 34.4. The number of aromatic nitrogens is 2. The van der Waals surface area contributed by atoms with Gasteiger partial charge in [0.25, 0.3) is 0 Å². The lowest BCUT2D eigenvalue weighted by molar-refractivity contribution is 0.434. The van der Waals surface area contributed by atoms with Crippen LogP contribution in [0.2, 0.25) is 0 Å². The number of hydrogen-bond donors (Lipinski definition) is 0. The third-order valence-corrected chi connectivity index (χ3v) is 12.0. The van der Waals surface area contributed by atoms with Crippen molar-refractivity contribution in [3.05, 3.63) is 192 Å². The van der Waals surface area contributed by atoms with E-state index in [0.29, 0.717) is 0 Å². The van der Waals surface area contributed by atoms with Crippen LogP contribution in [-0.2, 0) is 5.41 Å². The fraction of sp³-hybridized carbons (Fsp3) is 0.0204. The van der Waals surface area contributed by atoms with Crippen molar-refractivity contribution in [2.45, 2.75) is 5.41 Å². The van der Waals surface area contributed by atoms with Crippen LogP contribution in [0.5, 0.6) is 11.5 Å². The maximum atomic E-state index is 7.04. The molecular weight excluding hydrogens is 649 g/mol. The van der Waals surface area contributed by atoms with Crippen molar-refractivity contribution in [3.63, 3.8) is 0 Å². The third-order valence-electron chi connectivity index (χ3n) is 12.0. The van der Waals surface area contributed by atoms with Crippen molar-refractivity contribution < 1.29 is 9.15 Å². The first kappa shape index (κ1) is 27.7. The summed E-state index contributed by atoms with van der Waals surface area (Å²) in [5, 5.41) is 7.14. The highest BCUT2D eigenvalue weighted by Crippen LogP contribution is 2.61. The molecule has 13 rings (SSSR count). The van der Waals surface area contributed by atoms with E-state index in [9.17, 15) is 0 Å². The molecule has 0 aliphatic carbocycles. The maximum absolute atomic E-state index is 7.04. The molecular formula is C49H28N2O2. The van der Waals surface area contributed by atoms with Crippen molar-refractivity contribution >= 4 is 65.6 Å². The predicted molar refractivity (Wildman–Crippen MR) is 214 cm³/mol. The Morgan fingerprint density at radius 3 is 1.92 bits per heavy atom. The first-order valence-electron chi connectivity index (χ1n) is 18.2. The Balaban J connectivity index is 1.19. The highest BCUT2D eigenvalue weighted by molar-refractivity contribution is 6.14. The maximum Gasteiger partial charge on any atom is 0.135 e. The summed E-state index contributed by atoms with van der Waals surface area (Å²) in [5.74, 6) is 1.75. The molecule has 3 aromatic heterocycles. The fourth-order valence-electron chi connectivity index (χ4n) is 9.92. The number of fused-ring (bicyclic) bond motifs is 17. The van der Waals surface area contributed by atoms with Crippen molar-refractivity contribution in [2.24, 2.45) is 0 Å². The van der Waals surface area contributed by atoms with E-state index < -0.39 is 5.41 Å². The molecule has 0 N–H and O–H groups in total. The van der Waals surface area contributed by atoms with E-state index in [1.54, 1.807) is 0 Å². The third kappa shape index (κ3) is 3.28. The van der Waals surface area contributed by atoms with Gasteiger partial charge in [-0.05, 0) is 65.7 Å². The summed E-state index contributed by atoms with van der Waals surface area (Å²) < 4.78 is 18.1. The molecule has 53 heavy (non-hydrogen) atoms. The van der Waals surface area contributed by atoms with Crippen LogP contribution in [0.3, 0.4) is 0 Å². The average molecular weight is 677 g/mol. The summed E-state index contributed by atoms with van der Waals surface area (Å²) in [5.41, 5.74) is 13.0. The molecule has 0 radical (unpaired) electrons. The molecule has 0 amide bonds. The molecule has 1 unspecified atom stereocenters. The number of nitrogens with zero attached hydrogens (tertiary/aromatic N) is 2. The number of hydrogen-bond acceptors (Lipinski definition) is 2. The molecule has 2 aliphatic heterocycles. The normalized spacial score (nSPS) is 15.8. The van der Waals surface area contributed by atoms with E-state index in [4.69, 9.17) is 9.15 Å². The van der Waals surface area contributed by atoms with Crippen LogP contribution in [0.1, 0.15) is 22.3 Å². The standard InChI is InChI=1S/C49H28N2O2/c1-7-20-41-30(12-1)33-15-11-18-38-48(33)51(41)42-21-8-4-16-36(42)49(38)37-17-5-10-23-46(37)53-47-28-43-34(27-39(47)49)31-13-2-6-19-40(31)50(43)29-24-25-45-35(26-29)32-14-3-9-22-44(32)52-45/h1-28H. The number of benzene rings is 8. The second-order valence-corrected chi connectivity index (χ2v) is 14.4. The highest BCUT2D eigenvalue weighted by atomic mass is 16.5. The van der Waals surface area contributed by atoms with Gasteiger partial charge in [0.2, 0.25) is 0 Å². The Bertz CT molecular complexity index is 3400. The van der Waals surface area contributed by atoms with E-state index in [1.807, 2.05) is 12.1 Å². The molecule has 11 aromatic rings. The predicted octanol–water partition coefficient (Wildman–Crippen LogP) is 12.6. The molecule has 5 heterocycles. The van der Waals surface area contributed by atoms with E-state index in [1.165, 1.54) is 49.4 Å². The van der Waals surface area contributed by atoms with Crippen molar-refractivity contribution in [3.8, 4) is 22.9 Å². The Morgan fingerprint density at radius 2 is 1.04 bits per heavy atom. The van der Waals surface area contributed by atoms with Gasteiger partial charge in [-0.1, -0.05) is 109 Å². The lowest BCUT2D eigenvalue weighted by Crippen LogP contribution is -2.37. The molecule has 0 saturated heterocycles. The van der Waals surface area contributed by atoms with Crippen LogP contribution in [0.15, 0.2) is 174 Å². The van der Waals surface area contributed by atoms with Crippen LogP contribution in [0.25, 0.3) is 76.9 Å². The fourth-order valence-corrected chi connectivity index (χ4v) is 9.92. The monoisotopic (exact) mass is 676 g/mol. The second kappa shape index (κ2) is 9.64. The average Bonchev–Trinajstić information content (AvgIpc) is 3.87. The smallest absolute Gasteiger partial charge is 0.135 e. The Kier molecular flexibility index (Phi) is 5.03. The second-order valence-electron chi connectivity index (χ2n) is 14.4. The Morgan fingerprint density at radius 1 is 0.377 bits per heavy atom. The zero-order valence-corrected chi connectivity index (χ0v) is 28.4. The minimum absolute atomic E-state index is 0.628. The van der Waals surface area contributed by atoms with Gasteiger partial charge in [-0.3, -0.25) is 0 Å². The van der Waals surface area contributed by atoms with E-state index in [2.05, 4.69) is 167 Å². The van der Waals surface area contributed by atoms with Gasteiger partial charge in [0.15, 0.2) is 0 Å². The van der Waals surface area contributed by atoms with Gasteiger partial charge in [0, 0.05) is 55.2 Å². The molecule has 1 spiro atoms. The van der Waals surface area contributed by atoms with Crippen LogP contribution in [0.4, 0.5) is 0 Å². The first-order chi connectivity index (χ1) is 26.3. The largest absolute Gasteiger partial charge is 0.457 e. The topological polar surface area (TPSA) is 32.2 Å². The van der Waals surface area contributed by atoms with Crippen LogP contribution in [0, 0.1) is 0 Å². The van der Waals surface area contributed by atoms with Gasteiger partial charge in [-0.25, -0.2) is 0 Å². The summed E-state index contributed by atoms with van der Waals surface area (Å²) in [4.78, 5) is 0. The van der Waals surface area contributed by atoms with Gasteiger partial charge in [-0.2, -0.15) is 0 Å². The van der Waals surface area contributed by atoms with Gasteiger partial charge < -0.3 is 18.3 Å². The summed E-state index contributed by atoms with van der Waals surface area (Å²) in [6.07, 6.45) is 0. The zero-order valence-electron chi connectivity index (χ0n) is 28.4. The molecule has 4 heteroatoms. The molecule has 246 valence electrons. The summed E-state index contributed by atoms with van der Waals surface area (Å²) in [7, 11) is 0. The van der Waals surface area contributed by atoms with E-state index >= 15 is 0 Å². The van der Waals surface area contributed by atoms with Crippen LogP contribution < -0.4 is 4.74 Å². The molecule has 0 bridgehead atoms. The SMILES string of the molecule is c1ccc2c(c1)Oc1cc3c(cc1C21c2ccccc2-n2c4ccccc4c4cccc1c42)c1ccccc1n3-c1ccc2oc3ccccc3c2c1. The molecule has 8 aromatic carbocycles. The summed E-state index contributed by atoms with van der Waals surface area (Å²) in [6.45, 7) is 0. The van der Waals surface area contributed by atoms with E-state index in [0.717, 1.165) is 61.3 Å². The van der Waals surface area contributed by atoms with Crippen LogP contribution >= 0.6 is 0 Å². The van der Waals surface area contributed by atoms with Crippen molar-refractivity contribution in [1.29, 1.82) is 0 Å². The Hall–Kier alpha value is -7.04. The molecule has 4 nitrogen and oxygen atoms in total. The minimum Gasteiger partial charge on any atom is -0.457 e. The van der Waals surface area contributed by atoms with Gasteiger partial charge in [0.1, 0.15) is 22.7 Å². The van der Waals surface area contributed by atoms with Crippen molar-refractivity contribution in [2.75, 3.05) is 0 Å². The summed E-state index contributed by atoms with van der Waals surface area (Å²) >= 11 is 0. The molecule has 0 fully saturated rings. The number of furan rings is 1. The highest BCUT2D eigenvalue weighted by Gasteiger charge is 2.50. The number of para-hydroxylation sites is 6. The van der Waals surface area contributed by atoms with Gasteiger partial charge in [0.05, 0.1) is 33.2 Å². The Labute approximate surface area is 303 Å². The molecule has 2 aliphatic rings. The van der Waals surface area contributed by atoms with Gasteiger partial charge >= 0.3 is 0 Å². The lowest BCUT2D eigenvalue weighted by atomic mass is 9.61. The molecule has 0 saturated carbocycles. The first-order valence-corrected chi connectivity index (χ1v) is 18.2. The van der Waals surface area contributed by atoms with E-state index in [-0.39, 0.29) is 0 Å².